The number of allylic oxidation sites excluding steroid dienone is 1. The second kappa shape index (κ2) is 10.8. The summed E-state index contributed by atoms with van der Waals surface area (Å²) in [6.45, 7) is 3.55. The number of benzene rings is 2. The van der Waals surface area contributed by atoms with Gasteiger partial charge in [-0.15, -0.1) is 5.10 Å². The van der Waals surface area contributed by atoms with Gasteiger partial charge in [0, 0.05) is 42.9 Å². The number of aliphatic hydroxyl groups excluding tert-OH is 1. The molecule has 2 amide bonds. The van der Waals surface area contributed by atoms with E-state index in [1.54, 1.807) is 26.7 Å². The first-order chi connectivity index (χ1) is 18.4. The van der Waals surface area contributed by atoms with Crippen LogP contribution in [-0.2, 0) is 34.6 Å². The molecule has 2 aliphatic rings. The first-order valence-corrected chi connectivity index (χ1v) is 12.8. The first-order valence-electron chi connectivity index (χ1n) is 12.8. The van der Waals surface area contributed by atoms with Crippen molar-refractivity contribution in [2.45, 2.75) is 38.5 Å². The van der Waals surface area contributed by atoms with Crippen molar-refractivity contribution in [3.8, 4) is 0 Å². The van der Waals surface area contributed by atoms with Gasteiger partial charge in [0.15, 0.2) is 5.60 Å². The minimum Gasteiger partial charge on any atom is -0.447 e. The third-order valence-corrected chi connectivity index (χ3v) is 7.06. The summed E-state index contributed by atoms with van der Waals surface area (Å²) in [6.07, 6.45) is 6.34. The number of amides is 2. The molecule has 10 heteroatoms. The van der Waals surface area contributed by atoms with Gasteiger partial charge in [0.1, 0.15) is 6.61 Å². The standard InChI is InChI=1S/C28H31N5O5/c1-20(7-4-5-13-31-19-22(12-15-34)29-30-31)28(37)24-10-2-3-11-25(24)33(26(28)35)18-21-8-6-9-23(17-21)32-14-16-38-27(32)36/h2-4,6-11,17,19-20,34,37H,5,12-16,18H2,1H3/b7-4+/t20-,28+/m1/s1. The second-order valence-electron chi connectivity index (χ2n) is 9.56. The molecule has 2 atom stereocenters. The Hall–Kier alpha value is -4.02. The third kappa shape index (κ3) is 4.80. The molecule has 3 aromatic rings. The number of para-hydroxylation sites is 1. The maximum Gasteiger partial charge on any atom is 0.414 e. The highest BCUT2D eigenvalue weighted by molar-refractivity contribution is 6.07. The van der Waals surface area contributed by atoms with E-state index in [-0.39, 0.29) is 25.2 Å². The lowest BCUT2D eigenvalue weighted by molar-refractivity contribution is -0.139. The van der Waals surface area contributed by atoms with Crippen LogP contribution in [0, 0.1) is 5.92 Å². The average Bonchev–Trinajstić information content (AvgIpc) is 3.62. The average molecular weight is 518 g/mol. The third-order valence-electron chi connectivity index (χ3n) is 7.06. The molecule has 0 saturated carbocycles. The Labute approximate surface area is 220 Å². The van der Waals surface area contributed by atoms with E-state index < -0.39 is 11.5 Å². The fourth-order valence-corrected chi connectivity index (χ4v) is 5.02. The number of cyclic esters (lactones) is 1. The molecule has 0 radical (unpaired) electrons. The lowest BCUT2D eigenvalue weighted by Gasteiger charge is -2.27. The number of aryl methyl sites for hydroxylation is 1. The number of hydrogen-bond donors (Lipinski definition) is 2. The van der Waals surface area contributed by atoms with E-state index in [0.29, 0.717) is 49.5 Å². The van der Waals surface area contributed by atoms with Crippen molar-refractivity contribution in [2.24, 2.45) is 5.92 Å². The van der Waals surface area contributed by atoms with Crippen LogP contribution in [0.2, 0.25) is 0 Å². The van der Waals surface area contributed by atoms with Crippen LogP contribution >= 0.6 is 0 Å². The highest BCUT2D eigenvalue weighted by atomic mass is 16.6. The van der Waals surface area contributed by atoms with Gasteiger partial charge in [0.05, 0.1) is 24.5 Å². The number of rotatable bonds is 10. The summed E-state index contributed by atoms with van der Waals surface area (Å²) >= 11 is 0. The Bertz CT molecular complexity index is 1350. The Morgan fingerprint density at radius 1 is 1.18 bits per heavy atom. The van der Waals surface area contributed by atoms with Crippen LogP contribution < -0.4 is 9.80 Å². The molecule has 1 fully saturated rings. The Kier molecular flexibility index (Phi) is 7.26. The lowest BCUT2D eigenvalue weighted by Crippen LogP contribution is -2.44. The monoisotopic (exact) mass is 517 g/mol. The van der Waals surface area contributed by atoms with Gasteiger partial charge >= 0.3 is 6.09 Å². The number of carbonyl (C=O) groups is 2. The molecular weight excluding hydrogens is 486 g/mol. The first kappa shape index (κ1) is 25.6. The highest BCUT2D eigenvalue weighted by Crippen LogP contribution is 2.45. The molecule has 0 spiro atoms. The topological polar surface area (TPSA) is 121 Å². The van der Waals surface area contributed by atoms with Crippen molar-refractivity contribution in [2.75, 3.05) is 29.6 Å². The van der Waals surface area contributed by atoms with Gasteiger partial charge in [0.25, 0.3) is 5.91 Å². The summed E-state index contributed by atoms with van der Waals surface area (Å²) in [5.74, 6) is -0.862. The molecule has 0 unspecified atom stereocenters. The number of fused-ring (bicyclic) bond motifs is 1. The van der Waals surface area contributed by atoms with Crippen LogP contribution in [0.3, 0.4) is 0 Å². The fourth-order valence-electron chi connectivity index (χ4n) is 5.02. The van der Waals surface area contributed by atoms with Crippen molar-refractivity contribution >= 4 is 23.4 Å². The van der Waals surface area contributed by atoms with Crippen LogP contribution in [0.1, 0.15) is 30.2 Å². The van der Waals surface area contributed by atoms with Crippen molar-refractivity contribution in [3.05, 3.63) is 83.7 Å². The predicted molar refractivity (Wildman–Crippen MR) is 140 cm³/mol. The molecule has 198 valence electrons. The van der Waals surface area contributed by atoms with Crippen LogP contribution in [0.25, 0.3) is 0 Å². The molecule has 10 nitrogen and oxygen atoms in total. The molecular formula is C28H31N5O5. The van der Waals surface area contributed by atoms with Gasteiger partial charge in [0.2, 0.25) is 0 Å². The zero-order valence-electron chi connectivity index (χ0n) is 21.2. The minimum absolute atomic E-state index is 0.0275. The van der Waals surface area contributed by atoms with Crippen molar-refractivity contribution < 1.29 is 24.5 Å². The van der Waals surface area contributed by atoms with Crippen LogP contribution in [0.4, 0.5) is 16.2 Å². The van der Waals surface area contributed by atoms with Crippen molar-refractivity contribution in [1.82, 2.24) is 15.0 Å². The normalized spacial score (nSPS) is 19.9. The minimum atomic E-state index is -1.70. The van der Waals surface area contributed by atoms with E-state index >= 15 is 0 Å². The highest BCUT2D eigenvalue weighted by Gasteiger charge is 2.52. The molecule has 2 N–H and O–H groups in total. The number of nitrogens with zero attached hydrogens (tertiary/aromatic N) is 5. The van der Waals surface area contributed by atoms with Gasteiger partial charge in [-0.05, 0) is 30.2 Å². The molecule has 5 rings (SSSR count). The summed E-state index contributed by atoms with van der Waals surface area (Å²) in [5.41, 5.74) is 1.83. The maximum absolute atomic E-state index is 13.8. The molecule has 1 saturated heterocycles. The van der Waals surface area contributed by atoms with Gasteiger partial charge in [-0.1, -0.05) is 54.6 Å². The van der Waals surface area contributed by atoms with Crippen LogP contribution in [0.15, 0.2) is 66.9 Å². The van der Waals surface area contributed by atoms with Gasteiger partial charge < -0.3 is 19.8 Å². The van der Waals surface area contributed by atoms with Gasteiger partial charge in [-0.25, -0.2) is 4.79 Å². The van der Waals surface area contributed by atoms with E-state index in [2.05, 4.69) is 10.3 Å². The van der Waals surface area contributed by atoms with E-state index in [9.17, 15) is 14.7 Å². The summed E-state index contributed by atoms with van der Waals surface area (Å²) < 4.78 is 6.76. The maximum atomic E-state index is 13.8. The lowest BCUT2D eigenvalue weighted by atomic mass is 9.83. The van der Waals surface area contributed by atoms with Crippen molar-refractivity contribution in [1.29, 1.82) is 0 Å². The van der Waals surface area contributed by atoms with E-state index in [1.165, 1.54) is 0 Å². The number of carbonyl (C=O) groups excluding carboxylic acids is 2. The second-order valence-corrected chi connectivity index (χ2v) is 9.56. The van der Waals surface area contributed by atoms with Crippen molar-refractivity contribution in [3.63, 3.8) is 0 Å². The van der Waals surface area contributed by atoms with Crippen LogP contribution in [0.5, 0.6) is 0 Å². The van der Waals surface area contributed by atoms with E-state index in [1.807, 2.05) is 61.5 Å². The van der Waals surface area contributed by atoms with E-state index in [4.69, 9.17) is 9.84 Å². The summed E-state index contributed by atoms with van der Waals surface area (Å²) in [5, 5.41) is 28.9. The Morgan fingerprint density at radius 2 is 2.03 bits per heavy atom. The van der Waals surface area contributed by atoms with E-state index in [0.717, 1.165) is 11.3 Å². The number of aliphatic hydroxyl groups is 2. The Morgan fingerprint density at radius 3 is 2.82 bits per heavy atom. The number of aromatic nitrogens is 3. The molecule has 38 heavy (non-hydrogen) atoms. The largest absolute Gasteiger partial charge is 0.447 e. The number of ether oxygens (including phenoxy) is 1. The zero-order valence-corrected chi connectivity index (χ0v) is 21.2. The molecule has 2 aromatic carbocycles. The summed E-state index contributed by atoms with van der Waals surface area (Å²) in [7, 11) is 0. The molecule has 1 aromatic heterocycles. The summed E-state index contributed by atoms with van der Waals surface area (Å²) in [6, 6.07) is 14.8. The molecule has 0 bridgehead atoms. The van der Waals surface area contributed by atoms with Gasteiger partial charge in [-0.3, -0.25) is 14.4 Å². The zero-order chi connectivity index (χ0) is 26.7. The molecule has 3 heterocycles. The number of anilines is 2. The Balaban J connectivity index is 1.31. The quantitative estimate of drug-likeness (QED) is 0.397. The molecule has 2 aliphatic heterocycles. The number of hydrogen-bond acceptors (Lipinski definition) is 7. The van der Waals surface area contributed by atoms with Gasteiger partial charge in [-0.2, -0.15) is 0 Å². The molecule has 0 aliphatic carbocycles. The predicted octanol–water partition coefficient (Wildman–Crippen LogP) is 2.79. The fraction of sp³-hybridized carbons (Fsp3) is 0.357. The van der Waals surface area contributed by atoms with Crippen LogP contribution in [-0.4, -0.2) is 57.0 Å². The summed E-state index contributed by atoms with van der Waals surface area (Å²) in [4.78, 5) is 28.9. The SMILES string of the molecule is C[C@H](/C=C/CCn1cc(CCO)nn1)[C@@]1(O)C(=O)N(Cc2cccc(N3CCOC3=O)c2)c2ccccc21. The smallest absolute Gasteiger partial charge is 0.414 e.